The fraction of sp³-hybridized carbons (Fsp3) is 0.471. The second-order valence-electron chi connectivity index (χ2n) is 5.68. The maximum Gasteiger partial charge on any atom is 0.181 e. The first-order chi connectivity index (χ1) is 9.92. The molecule has 1 aromatic heterocycles. The van der Waals surface area contributed by atoms with Crippen LogP contribution in [0.25, 0.3) is 11.3 Å². The van der Waals surface area contributed by atoms with Gasteiger partial charge in [-0.05, 0) is 30.9 Å². The van der Waals surface area contributed by atoms with E-state index in [2.05, 4.69) is 34.6 Å². The molecule has 3 rings (SSSR count). The standard InChI is InChI=1S/C17H22N2O/c1-2-4-7-14(6-3-1)11-19-16-9-5-8-15(10-16)17-12-18-13-20-17/h5,8-10,12-14,19H,1-4,6-7,11H2. The van der Waals surface area contributed by atoms with Crippen molar-refractivity contribution < 1.29 is 4.42 Å². The molecule has 1 saturated carbocycles. The molecule has 0 radical (unpaired) electrons. The predicted octanol–water partition coefficient (Wildman–Crippen LogP) is 4.72. The van der Waals surface area contributed by atoms with Gasteiger partial charge >= 0.3 is 0 Å². The molecule has 1 aromatic carbocycles. The second-order valence-corrected chi connectivity index (χ2v) is 5.68. The molecular formula is C17H22N2O. The van der Waals surface area contributed by atoms with Crippen LogP contribution in [0, 0.1) is 5.92 Å². The maximum atomic E-state index is 5.35. The van der Waals surface area contributed by atoms with E-state index in [0.717, 1.165) is 23.8 Å². The first-order valence-corrected chi connectivity index (χ1v) is 7.64. The van der Waals surface area contributed by atoms with Crippen molar-refractivity contribution in [2.24, 2.45) is 5.92 Å². The number of oxazole rings is 1. The van der Waals surface area contributed by atoms with Crippen LogP contribution in [-0.4, -0.2) is 11.5 Å². The highest BCUT2D eigenvalue weighted by Gasteiger charge is 2.12. The molecule has 1 aliphatic rings. The second kappa shape index (κ2) is 6.60. The summed E-state index contributed by atoms with van der Waals surface area (Å²) in [6.45, 7) is 1.08. The largest absolute Gasteiger partial charge is 0.444 e. The van der Waals surface area contributed by atoms with E-state index in [4.69, 9.17) is 4.42 Å². The van der Waals surface area contributed by atoms with E-state index in [-0.39, 0.29) is 0 Å². The average molecular weight is 270 g/mol. The molecule has 3 heteroatoms. The SMILES string of the molecule is c1cc(NCC2CCCCCC2)cc(-c2cnco2)c1. The number of nitrogens with zero attached hydrogens (tertiary/aromatic N) is 1. The van der Waals surface area contributed by atoms with Crippen molar-refractivity contribution >= 4 is 5.69 Å². The van der Waals surface area contributed by atoms with Crippen LogP contribution in [0.2, 0.25) is 0 Å². The topological polar surface area (TPSA) is 38.1 Å². The molecule has 1 fully saturated rings. The van der Waals surface area contributed by atoms with Gasteiger partial charge in [0.25, 0.3) is 0 Å². The lowest BCUT2D eigenvalue weighted by Gasteiger charge is -2.16. The predicted molar refractivity (Wildman–Crippen MR) is 81.6 cm³/mol. The monoisotopic (exact) mass is 270 g/mol. The van der Waals surface area contributed by atoms with Crippen molar-refractivity contribution in [1.29, 1.82) is 0 Å². The third-order valence-corrected chi connectivity index (χ3v) is 4.15. The van der Waals surface area contributed by atoms with Gasteiger partial charge in [-0.15, -0.1) is 0 Å². The number of anilines is 1. The fourth-order valence-corrected chi connectivity index (χ4v) is 2.97. The summed E-state index contributed by atoms with van der Waals surface area (Å²) in [5.41, 5.74) is 2.25. The first kappa shape index (κ1) is 13.2. The third kappa shape index (κ3) is 3.41. The van der Waals surface area contributed by atoms with E-state index in [0.29, 0.717) is 0 Å². The normalized spacial score (nSPS) is 16.8. The minimum atomic E-state index is 0.822. The van der Waals surface area contributed by atoms with Gasteiger partial charge in [0.2, 0.25) is 0 Å². The smallest absolute Gasteiger partial charge is 0.181 e. The molecule has 0 unspecified atom stereocenters. The quantitative estimate of drug-likeness (QED) is 0.817. The molecule has 106 valence electrons. The molecule has 0 aliphatic heterocycles. The minimum absolute atomic E-state index is 0.822. The zero-order valence-corrected chi connectivity index (χ0v) is 11.8. The summed E-state index contributed by atoms with van der Waals surface area (Å²) in [6.07, 6.45) is 11.6. The summed E-state index contributed by atoms with van der Waals surface area (Å²) in [5.74, 6) is 1.65. The number of hydrogen-bond acceptors (Lipinski definition) is 3. The molecule has 0 amide bonds. The Kier molecular flexibility index (Phi) is 4.36. The van der Waals surface area contributed by atoms with Crippen LogP contribution in [0.3, 0.4) is 0 Å². The Labute approximate surface area is 120 Å². The van der Waals surface area contributed by atoms with Gasteiger partial charge in [-0.1, -0.05) is 37.8 Å². The molecule has 2 aromatic rings. The van der Waals surface area contributed by atoms with Crippen LogP contribution < -0.4 is 5.32 Å². The molecule has 1 heterocycles. The number of nitrogens with one attached hydrogen (secondary N) is 1. The molecule has 1 aliphatic carbocycles. The van der Waals surface area contributed by atoms with E-state index in [9.17, 15) is 0 Å². The van der Waals surface area contributed by atoms with Crippen molar-refractivity contribution in [2.45, 2.75) is 38.5 Å². The number of benzene rings is 1. The van der Waals surface area contributed by atoms with E-state index in [1.165, 1.54) is 50.6 Å². The van der Waals surface area contributed by atoms with Gasteiger partial charge in [0, 0.05) is 17.8 Å². The Hall–Kier alpha value is -1.77. The van der Waals surface area contributed by atoms with Crippen LogP contribution in [0.1, 0.15) is 38.5 Å². The summed E-state index contributed by atoms with van der Waals surface area (Å²) >= 11 is 0. The number of rotatable bonds is 4. The molecule has 20 heavy (non-hydrogen) atoms. The summed E-state index contributed by atoms with van der Waals surface area (Å²) in [7, 11) is 0. The van der Waals surface area contributed by atoms with Gasteiger partial charge in [-0.2, -0.15) is 0 Å². The van der Waals surface area contributed by atoms with Crippen molar-refractivity contribution in [3.63, 3.8) is 0 Å². The maximum absolute atomic E-state index is 5.35. The Bertz CT molecular complexity index is 514. The lowest BCUT2D eigenvalue weighted by molar-refractivity contribution is 0.483. The van der Waals surface area contributed by atoms with Crippen LogP contribution in [0.15, 0.2) is 41.3 Å². The van der Waals surface area contributed by atoms with E-state index >= 15 is 0 Å². The minimum Gasteiger partial charge on any atom is -0.444 e. The van der Waals surface area contributed by atoms with Crippen LogP contribution in [0.4, 0.5) is 5.69 Å². The number of hydrogen-bond donors (Lipinski definition) is 1. The van der Waals surface area contributed by atoms with Gasteiger partial charge < -0.3 is 9.73 Å². The average Bonchev–Trinajstić information content (AvgIpc) is 2.90. The Morgan fingerprint density at radius 1 is 1.15 bits per heavy atom. The Balaban J connectivity index is 1.61. The molecular weight excluding hydrogens is 248 g/mol. The van der Waals surface area contributed by atoms with Crippen LogP contribution in [0.5, 0.6) is 0 Å². The Morgan fingerprint density at radius 3 is 2.75 bits per heavy atom. The van der Waals surface area contributed by atoms with Crippen molar-refractivity contribution in [3.05, 3.63) is 36.9 Å². The van der Waals surface area contributed by atoms with Gasteiger partial charge in [0.1, 0.15) is 0 Å². The highest BCUT2D eigenvalue weighted by atomic mass is 16.3. The molecule has 0 bridgehead atoms. The molecule has 0 saturated heterocycles. The summed E-state index contributed by atoms with van der Waals surface area (Å²) in [4.78, 5) is 3.97. The van der Waals surface area contributed by atoms with Crippen LogP contribution in [-0.2, 0) is 0 Å². The zero-order valence-electron chi connectivity index (χ0n) is 11.8. The highest BCUT2D eigenvalue weighted by molar-refractivity contribution is 5.63. The molecule has 0 atom stereocenters. The van der Waals surface area contributed by atoms with E-state index < -0.39 is 0 Å². The van der Waals surface area contributed by atoms with Crippen molar-refractivity contribution in [3.8, 4) is 11.3 Å². The lowest BCUT2D eigenvalue weighted by Crippen LogP contribution is -2.13. The van der Waals surface area contributed by atoms with Crippen molar-refractivity contribution in [2.75, 3.05) is 11.9 Å². The van der Waals surface area contributed by atoms with E-state index in [1.807, 2.05) is 0 Å². The molecule has 1 N–H and O–H groups in total. The summed E-state index contributed by atoms with van der Waals surface area (Å²) in [5, 5.41) is 3.58. The highest BCUT2D eigenvalue weighted by Crippen LogP contribution is 2.25. The summed E-state index contributed by atoms with van der Waals surface area (Å²) < 4.78 is 5.35. The molecule has 3 nitrogen and oxygen atoms in total. The Morgan fingerprint density at radius 2 is 2.00 bits per heavy atom. The third-order valence-electron chi connectivity index (χ3n) is 4.15. The summed E-state index contributed by atoms with van der Waals surface area (Å²) in [6, 6.07) is 8.37. The first-order valence-electron chi connectivity index (χ1n) is 7.64. The van der Waals surface area contributed by atoms with E-state index in [1.54, 1.807) is 6.20 Å². The van der Waals surface area contributed by atoms with Gasteiger partial charge in [0.15, 0.2) is 12.2 Å². The van der Waals surface area contributed by atoms with Crippen molar-refractivity contribution in [1.82, 2.24) is 4.98 Å². The lowest BCUT2D eigenvalue weighted by atomic mass is 10.0. The zero-order chi connectivity index (χ0) is 13.6. The molecule has 0 spiro atoms. The van der Waals surface area contributed by atoms with Gasteiger partial charge in [-0.25, -0.2) is 4.98 Å². The van der Waals surface area contributed by atoms with Gasteiger partial charge in [0.05, 0.1) is 6.20 Å². The number of aromatic nitrogens is 1. The van der Waals surface area contributed by atoms with Gasteiger partial charge in [-0.3, -0.25) is 0 Å². The fourth-order valence-electron chi connectivity index (χ4n) is 2.97. The van der Waals surface area contributed by atoms with Crippen LogP contribution >= 0.6 is 0 Å².